The number of benzene rings is 1. The van der Waals surface area contributed by atoms with Crippen LogP contribution < -0.4 is 5.32 Å². The van der Waals surface area contributed by atoms with Crippen molar-refractivity contribution < 1.29 is 18.7 Å². The molecule has 1 N–H and O–H groups in total. The van der Waals surface area contributed by atoms with Gasteiger partial charge in [-0.25, -0.2) is 4.39 Å². The molecule has 4 nitrogen and oxygen atoms in total. The molecule has 0 unspecified atom stereocenters. The summed E-state index contributed by atoms with van der Waals surface area (Å²) in [4.78, 5) is 11.7. The predicted octanol–water partition coefficient (Wildman–Crippen LogP) is 1.94. The molecule has 6 heteroatoms. The van der Waals surface area contributed by atoms with Gasteiger partial charge < -0.3 is 14.8 Å². The Hall–Kier alpha value is -0.980. The maximum absolute atomic E-state index is 13.4. The number of carbonyl (C=O) groups is 1. The van der Waals surface area contributed by atoms with Crippen molar-refractivity contribution in [2.75, 3.05) is 20.8 Å². The van der Waals surface area contributed by atoms with Crippen molar-refractivity contribution in [2.45, 2.75) is 6.29 Å². The van der Waals surface area contributed by atoms with E-state index < -0.39 is 18.0 Å². The number of hydrogen-bond acceptors (Lipinski definition) is 3. The van der Waals surface area contributed by atoms with E-state index >= 15 is 0 Å². The molecule has 0 aromatic heterocycles. The molecule has 94 valence electrons. The Morgan fingerprint density at radius 1 is 1.47 bits per heavy atom. The Labute approximate surface area is 107 Å². The number of ether oxygens (including phenoxy) is 2. The molecule has 1 rings (SSSR count). The third kappa shape index (κ3) is 4.07. The molecule has 0 aliphatic heterocycles. The summed E-state index contributed by atoms with van der Waals surface area (Å²) in [6, 6.07) is 4.17. The van der Waals surface area contributed by atoms with Crippen molar-refractivity contribution in [3.05, 3.63) is 34.1 Å². The molecule has 0 saturated heterocycles. The van der Waals surface area contributed by atoms with E-state index in [0.717, 1.165) is 0 Å². The van der Waals surface area contributed by atoms with Crippen LogP contribution in [0.5, 0.6) is 0 Å². The minimum absolute atomic E-state index is 0.0228. The Morgan fingerprint density at radius 2 is 2.12 bits per heavy atom. The van der Waals surface area contributed by atoms with E-state index in [9.17, 15) is 9.18 Å². The van der Waals surface area contributed by atoms with Gasteiger partial charge in [0.05, 0.1) is 12.1 Å². The fourth-order valence-corrected chi connectivity index (χ4v) is 1.57. The van der Waals surface area contributed by atoms with Crippen LogP contribution in [-0.4, -0.2) is 33.0 Å². The van der Waals surface area contributed by atoms with E-state index in [-0.39, 0.29) is 12.1 Å². The highest BCUT2D eigenvalue weighted by molar-refractivity contribution is 9.10. The molecule has 17 heavy (non-hydrogen) atoms. The fraction of sp³-hybridized carbons (Fsp3) is 0.364. The van der Waals surface area contributed by atoms with E-state index in [1.807, 2.05) is 0 Å². The highest BCUT2D eigenvalue weighted by Gasteiger charge is 2.13. The second kappa shape index (κ2) is 6.68. The van der Waals surface area contributed by atoms with Gasteiger partial charge in [-0.15, -0.1) is 0 Å². The van der Waals surface area contributed by atoms with Gasteiger partial charge in [-0.05, 0) is 18.2 Å². The van der Waals surface area contributed by atoms with Crippen molar-refractivity contribution in [3.8, 4) is 0 Å². The number of hydrogen-bond donors (Lipinski definition) is 1. The number of nitrogens with one attached hydrogen (secondary N) is 1. The first-order valence-corrected chi connectivity index (χ1v) is 5.66. The number of methoxy groups -OCH3 is 2. The summed E-state index contributed by atoms with van der Waals surface area (Å²) in [5.41, 5.74) is -0.0228. The Bertz CT molecular complexity index is 396. The van der Waals surface area contributed by atoms with E-state index in [2.05, 4.69) is 21.2 Å². The van der Waals surface area contributed by atoms with Crippen LogP contribution in [0.15, 0.2) is 22.7 Å². The smallest absolute Gasteiger partial charge is 0.254 e. The lowest BCUT2D eigenvalue weighted by molar-refractivity contribution is -0.0974. The van der Waals surface area contributed by atoms with Gasteiger partial charge in [0.1, 0.15) is 5.82 Å². The van der Waals surface area contributed by atoms with Crippen LogP contribution in [0.2, 0.25) is 0 Å². The van der Waals surface area contributed by atoms with Gasteiger partial charge in [0.2, 0.25) is 0 Å². The molecule has 1 aromatic carbocycles. The highest BCUT2D eigenvalue weighted by atomic mass is 79.9. The minimum Gasteiger partial charge on any atom is -0.354 e. The van der Waals surface area contributed by atoms with Gasteiger partial charge in [-0.1, -0.05) is 15.9 Å². The second-order valence-corrected chi connectivity index (χ2v) is 4.15. The summed E-state index contributed by atoms with van der Waals surface area (Å²) >= 11 is 3.18. The molecule has 0 heterocycles. The minimum atomic E-state index is -0.572. The van der Waals surface area contributed by atoms with Crippen LogP contribution in [-0.2, 0) is 9.47 Å². The van der Waals surface area contributed by atoms with Crippen molar-refractivity contribution in [2.24, 2.45) is 0 Å². The van der Waals surface area contributed by atoms with Gasteiger partial charge in [0.15, 0.2) is 6.29 Å². The van der Waals surface area contributed by atoms with Crippen LogP contribution in [0.3, 0.4) is 0 Å². The quantitative estimate of drug-likeness (QED) is 0.846. The summed E-state index contributed by atoms with van der Waals surface area (Å²) in [5, 5.41) is 2.52. The van der Waals surface area contributed by atoms with Gasteiger partial charge >= 0.3 is 0 Å². The van der Waals surface area contributed by atoms with Gasteiger partial charge in [-0.3, -0.25) is 4.79 Å². The lowest BCUT2D eigenvalue weighted by Crippen LogP contribution is -2.34. The first-order valence-electron chi connectivity index (χ1n) is 4.87. The van der Waals surface area contributed by atoms with E-state index in [0.29, 0.717) is 4.47 Å². The zero-order valence-corrected chi connectivity index (χ0v) is 11.1. The third-order valence-electron chi connectivity index (χ3n) is 2.13. The lowest BCUT2D eigenvalue weighted by atomic mass is 10.2. The Morgan fingerprint density at radius 3 is 2.71 bits per heavy atom. The van der Waals surface area contributed by atoms with Gasteiger partial charge in [0.25, 0.3) is 5.91 Å². The molecule has 1 amide bonds. The van der Waals surface area contributed by atoms with E-state index in [1.165, 1.54) is 32.4 Å². The van der Waals surface area contributed by atoms with Crippen LogP contribution in [0.1, 0.15) is 10.4 Å². The number of rotatable bonds is 5. The molecule has 0 saturated carbocycles. The summed E-state index contributed by atoms with van der Waals surface area (Å²) in [7, 11) is 2.92. The molecular weight excluding hydrogens is 293 g/mol. The Kier molecular flexibility index (Phi) is 5.54. The number of amides is 1. The summed E-state index contributed by atoms with van der Waals surface area (Å²) in [6.45, 7) is 0.151. The topological polar surface area (TPSA) is 47.6 Å². The van der Waals surface area contributed by atoms with Crippen molar-refractivity contribution in [1.29, 1.82) is 0 Å². The average Bonchev–Trinajstić information content (AvgIpc) is 2.33. The fourth-order valence-electron chi connectivity index (χ4n) is 1.21. The number of halogens is 2. The molecule has 0 aliphatic rings. The normalized spacial score (nSPS) is 10.6. The molecule has 1 aromatic rings. The molecule has 0 bridgehead atoms. The monoisotopic (exact) mass is 305 g/mol. The second-order valence-electron chi connectivity index (χ2n) is 3.24. The van der Waals surface area contributed by atoms with Crippen LogP contribution in [0, 0.1) is 5.82 Å². The number of carbonyl (C=O) groups excluding carboxylic acids is 1. The maximum Gasteiger partial charge on any atom is 0.254 e. The maximum atomic E-state index is 13.4. The molecule has 0 aliphatic carbocycles. The Balaban J connectivity index is 2.66. The summed E-state index contributed by atoms with van der Waals surface area (Å²) in [5.74, 6) is -1.08. The largest absolute Gasteiger partial charge is 0.354 e. The van der Waals surface area contributed by atoms with Gasteiger partial charge in [-0.2, -0.15) is 0 Å². The van der Waals surface area contributed by atoms with Gasteiger partial charge in [0, 0.05) is 18.7 Å². The molecule has 0 fully saturated rings. The molecule has 0 spiro atoms. The lowest BCUT2D eigenvalue weighted by Gasteiger charge is -2.14. The predicted molar refractivity (Wildman–Crippen MR) is 64.2 cm³/mol. The first-order chi connectivity index (χ1) is 8.08. The molecular formula is C11H13BrFNO3. The van der Waals surface area contributed by atoms with Crippen molar-refractivity contribution in [3.63, 3.8) is 0 Å². The molecule has 0 radical (unpaired) electrons. The SMILES string of the molecule is COC(CNC(=O)c1cc(Br)ccc1F)OC. The molecule has 0 atom stereocenters. The van der Waals surface area contributed by atoms with Crippen molar-refractivity contribution in [1.82, 2.24) is 5.32 Å². The van der Waals surface area contributed by atoms with Crippen molar-refractivity contribution >= 4 is 21.8 Å². The van der Waals surface area contributed by atoms with E-state index in [1.54, 1.807) is 0 Å². The first kappa shape index (κ1) is 14.1. The third-order valence-corrected chi connectivity index (χ3v) is 2.62. The summed E-state index contributed by atoms with van der Waals surface area (Å²) in [6.07, 6.45) is -0.547. The highest BCUT2D eigenvalue weighted by Crippen LogP contribution is 2.15. The average molecular weight is 306 g/mol. The van der Waals surface area contributed by atoms with Crippen LogP contribution in [0.25, 0.3) is 0 Å². The van der Waals surface area contributed by atoms with E-state index in [4.69, 9.17) is 9.47 Å². The zero-order valence-electron chi connectivity index (χ0n) is 9.50. The zero-order chi connectivity index (χ0) is 12.8. The summed E-state index contributed by atoms with van der Waals surface area (Å²) < 4.78 is 23.8. The van der Waals surface area contributed by atoms with Crippen LogP contribution >= 0.6 is 15.9 Å². The van der Waals surface area contributed by atoms with Crippen LogP contribution in [0.4, 0.5) is 4.39 Å². The standard InChI is InChI=1S/C11H13BrFNO3/c1-16-10(17-2)6-14-11(15)8-5-7(12)3-4-9(8)13/h3-5,10H,6H2,1-2H3,(H,14,15).